The van der Waals surface area contributed by atoms with Crippen molar-refractivity contribution in [1.82, 2.24) is 10.2 Å². The third-order valence-corrected chi connectivity index (χ3v) is 4.82. The number of sulfonamides is 1. The van der Waals surface area contributed by atoms with Gasteiger partial charge in [0.2, 0.25) is 5.13 Å². The molecule has 0 saturated heterocycles. The lowest BCUT2D eigenvalue weighted by molar-refractivity contribution is 0.282. The van der Waals surface area contributed by atoms with Crippen molar-refractivity contribution in [1.29, 1.82) is 0 Å². The lowest BCUT2D eigenvalue weighted by atomic mass is 10.2. The van der Waals surface area contributed by atoms with Gasteiger partial charge in [0.15, 0.2) is 0 Å². The molecule has 2 aromatic rings. The Morgan fingerprint density at radius 1 is 1.42 bits per heavy atom. The van der Waals surface area contributed by atoms with E-state index in [0.717, 1.165) is 11.3 Å². The number of aryl methyl sites for hydroxylation is 1. The van der Waals surface area contributed by atoms with Gasteiger partial charge in [0.05, 0.1) is 11.5 Å². The minimum atomic E-state index is -3.76. The van der Waals surface area contributed by atoms with Crippen molar-refractivity contribution >= 4 is 38.1 Å². The predicted octanol–water partition coefficient (Wildman–Crippen LogP) is 1.79. The zero-order chi connectivity index (χ0) is 14.0. The molecule has 2 rings (SSSR count). The zero-order valence-corrected chi connectivity index (χ0v) is 12.2. The van der Waals surface area contributed by atoms with Crippen LogP contribution in [0.3, 0.4) is 0 Å². The van der Waals surface area contributed by atoms with E-state index in [9.17, 15) is 8.42 Å². The number of benzene rings is 1. The maximum absolute atomic E-state index is 12.1. The molecule has 1 aromatic carbocycles. The third-order valence-electron chi connectivity index (χ3n) is 2.25. The summed E-state index contributed by atoms with van der Waals surface area (Å²) in [6, 6.07) is 4.11. The van der Waals surface area contributed by atoms with Gasteiger partial charge < -0.3 is 5.11 Å². The van der Waals surface area contributed by atoms with E-state index in [2.05, 4.69) is 14.9 Å². The van der Waals surface area contributed by atoms with E-state index < -0.39 is 10.0 Å². The van der Waals surface area contributed by atoms with Crippen molar-refractivity contribution in [3.63, 3.8) is 0 Å². The number of aromatic nitrogens is 2. The van der Waals surface area contributed by atoms with Gasteiger partial charge in [0, 0.05) is 5.02 Å². The summed E-state index contributed by atoms with van der Waals surface area (Å²) in [5, 5.41) is 17.4. The van der Waals surface area contributed by atoms with Gasteiger partial charge in [-0.15, -0.1) is 10.2 Å². The monoisotopic (exact) mass is 319 g/mol. The minimum absolute atomic E-state index is 0.00236. The Kier molecular flexibility index (Phi) is 4.04. The van der Waals surface area contributed by atoms with E-state index in [4.69, 9.17) is 16.7 Å². The summed E-state index contributed by atoms with van der Waals surface area (Å²) in [4.78, 5) is 0.00236. The normalized spacial score (nSPS) is 11.5. The zero-order valence-electron chi connectivity index (χ0n) is 9.79. The van der Waals surface area contributed by atoms with Crippen molar-refractivity contribution in [3.05, 3.63) is 33.8 Å². The van der Waals surface area contributed by atoms with Crippen LogP contribution in [0.15, 0.2) is 23.1 Å². The van der Waals surface area contributed by atoms with Crippen molar-refractivity contribution in [2.75, 3.05) is 4.72 Å². The van der Waals surface area contributed by atoms with E-state index in [0.29, 0.717) is 10.6 Å². The van der Waals surface area contributed by atoms with E-state index in [1.54, 1.807) is 6.92 Å². The maximum Gasteiger partial charge on any atom is 0.263 e. The second-order valence-corrected chi connectivity index (χ2v) is 6.91. The minimum Gasteiger partial charge on any atom is -0.392 e. The van der Waals surface area contributed by atoms with E-state index in [1.807, 2.05) is 0 Å². The summed E-state index contributed by atoms with van der Waals surface area (Å²) in [6.07, 6.45) is 0. The van der Waals surface area contributed by atoms with Gasteiger partial charge in [-0.05, 0) is 24.6 Å². The first kappa shape index (κ1) is 14.2. The highest BCUT2D eigenvalue weighted by Crippen LogP contribution is 2.23. The number of anilines is 1. The molecule has 0 aliphatic rings. The van der Waals surface area contributed by atoms with Gasteiger partial charge in [0.25, 0.3) is 10.0 Å². The molecule has 0 unspecified atom stereocenters. The van der Waals surface area contributed by atoms with E-state index in [-0.39, 0.29) is 21.7 Å². The molecule has 1 aromatic heterocycles. The molecular formula is C10H10ClN3O3S2. The van der Waals surface area contributed by atoms with Crippen LogP contribution in [0.25, 0.3) is 0 Å². The Morgan fingerprint density at radius 3 is 2.68 bits per heavy atom. The molecule has 9 heteroatoms. The number of hydrogen-bond acceptors (Lipinski definition) is 6. The second kappa shape index (κ2) is 5.41. The van der Waals surface area contributed by atoms with Crippen LogP contribution in [-0.2, 0) is 16.6 Å². The summed E-state index contributed by atoms with van der Waals surface area (Å²) >= 11 is 7.00. The molecule has 0 saturated carbocycles. The van der Waals surface area contributed by atoms with Gasteiger partial charge in [-0.3, -0.25) is 4.72 Å². The van der Waals surface area contributed by atoms with Gasteiger partial charge >= 0.3 is 0 Å². The Bertz CT molecular complexity index is 700. The summed E-state index contributed by atoms with van der Waals surface area (Å²) in [5.41, 5.74) is 0.465. The topological polar surface area (TPSA) is 92.2 Å². The highest BCUT2D eigenvalue weighted by atomic mass is 35.5. The van der Waals surface area contributed by atoms with Crippen LogP contribution in [0.4, 0.5) is 5.13 Å². The number of hydrogen-bond donors (Lipinski definition) is 2. The summed E-state index contributed by atoms with van der Waals surface area (Å²) in [6.45, 7) is 1.48. The number of aliphatic hydroxyl groups is 1. The van der Waals surface area contributed by atoms with Crippen LogP contribution < -0.4 is 4.72 Å². The SMILES string of the molecule is Cc1nnc(NS(=O)(=O)c2ccc(CO)c(Cl)c2)s1. The van der Waals surface area contributed by atoms with Crippen LogP contribution in [0.1, 0.15) is 10.6 Å². The quantitative estimate of drug-likeness (QED) is 0.896. The fraction of sp³-hybridized carbons (Fsp3) is 0.200. The molecule has 102 valence electrons. The van der Waals surface area contributed by atoms with Crippen LogP contribution in [-0.4, -0.2) is 23.7 Å². The first-order chi connectivity index (χ1) is 8.92. The number of nitrogens with zero attached hydrogens (tertiary/aromatic N) is 2. The summed E-state index contributed by atoms with van der Waals surface area (Å²) < 4.78 is 26.5. The Labute approximate surface area is 119 Å². The number of nitrogens with one attached hydrogen (secondary N) is 1. The number of rotatable bonds is 4. The first-order valence-electron chi connectivity index (χ1n) is 5.14. The molecule has 0 aliphatic heterocycles. The molecule has 19 heavy (non-hydrogen) atoms. The van der Waals surface area contributed by atoms with Crippen molar-refractivity contribution < 1.29 is 13.5 Å². The number of aliphatic hydroxyl groups excluding tert-OH is 1. The van der Waals surface area contributed by atoms with E-state index >= 15 is 0 Å². The molecular weight excluding hydrogens is 310 g/mol. The van der Waals surface area contributed by atoms with Gasteiger partial charge in [0.1, 0.15) is 5.01 Å². The highest BCUT2D eigenvalue weighted by molar-refractivity contribution is 7.93. The molecule has 0 atom stereocenters. The van der Waals surface area contributed by atoms with Crippen molar-refractivity contribution in [2.45, 2.75) is 18.4 Å². The standard InChI is InChI=1S/C10H10ClN3O3S2/c1-6-12-13-10(18-6)14-19(16,17)8-3-2-7(5-15)9(11)4-8/h2-4,15H,5H2,1H3,(H,13,14). The largest absolute Gasteiger partial charge is 0.392 e. The first-order valence-corrected chi connectivity index (χ1v) is 7.82. The average Bonchev–Trinajstić information content (AvgIpc) is 2.73. The molecule has 2 N–H and O–H groups in total. The molecule has 0 amide bonds. The molecule has 0 radical (unpaired) electrons. The lowest BCUT2D eigenvalue weighted by Gasteiger charge is -2.07. The van der Waals surface area contributed by atoms with Crippen LogP contribution in [0.2, 0.25) is 5.02 Å². The molecule has 0 aliphatic carbocycles. The lowest BCUT2D eigenvalue weighted by Crippen LogP contribution is -2.13. The number of halogens is 1. The second-order valence-electron chi connectivity index (χ2n) is 3.64. The molecule has 0 fully saturated rings. The van der Waals surface area contributed by atoms with E-state index in [1.165, 1.54) is 18.2 Å². The van der Waals surface area contributed by atoms with Crippen molar-refractivity contribution in [3.8, 4) is 0 Å². The molecule has 6 nitrogen and oxygen atoms in total. The maximum atomic E-state index is 12.1. The van der Waals surface area contributed by atoms with Crippen LogP contribution >= 0.6 is 22.9 Å². The van der Waals surface area contributed by atoms with Crippen LogP contribution in [0.5, 0.6) is 0 Å². The fourth-order valence-electron chi connectivity index (χ4n) is 1.34. The highest BCUT2D eigenvalue weighted by Gasteiger charge is 2.17. The van der Waals surface area contributed by atoms with Gasteiger partial charge in [-0.2, -0.15) is 0 Å². The van der Waals surface area contributed by atoms with Gasteiger partial charge in [-0.1, -0.05) is 29.0 Å². The third kappa shape index (κ3) is 3.21. The Balaban J connectivity index is 2.31. The van der Waals surface area contributed by atoms with Gasteiger partial charge in [-0.25, -0.2) is 8.42 Å². The molecule has 1 heterocycles. The Morgan fingerprint density at radius 2 is 2.16 bits per heavy atom. The molecule has 0 bridgehead atoms. The Hall–Kier alpha value is -1.22. The van der Waals surface area contributed by atoms with Crippen LogP contribution in [0, 0.1) is 6.92 Å². The summed E-state index contributed by atoms with van der Waals surface area (Å²) in [7, 11) is -3.76. The predicted molar refractivity (Wildman–Crippen MR) is 72.8 cm³/mol. The fourth-order valence-corrected chi connectivity index (χ4v) is 3.49. The summed E-state index contributed by atoms with van der Waals surface area (Å²) in [5.74, 6) is 0. The smallest absolute Gasteiger partial charge is 0.263 e. The van der Waals surface area contributed by atoms with Crippen molar-refractivity contribution in [2.24, 2.45) is 0 Å². The molecule has 0 spiro atoms. The average molecular weight is 320 g/mol.